The largest absolute Gasteiger partial charge is 0.340 e. The van der Waals surface area contributed by atoms with Gasteiger partial charge < -0.3 is 5.32 Å². The van der Waals surface area contributed by atoms with Crippen molar-refractivity contribution in [3.8, 4) is 11.3 Å². The van der Waals surface area contributed by atoms with Crippen LogP contribution in [0.1, 0.15) is 15.9 Å². The van der Waals surface area contributed by atoms with E-state index in [1.54, 1.807) is 48.5 Å². The molecule has 1 atom stereocenters. The number of carbonyl (C=O) groups excluding carboxylic acids is 2. The number of aromatic nitrogens is 1. The first-order valence-electron chi connectivity index (χ1n) is 11.0. The number of fused-ring (bicyclic) bond motifs is 1. The molecule has 0 aliphatic carbocycles. The summed E-state index contributed by atoms with van der Waals surface area (Å²) in [6.07, 6.45) is 0.822. The fraction of sp³-hybridized carbons (Fsp3) is 0.115. The van der Waals surface area contributed by atoms with Crippen LogP contribution in [0.4, 0.5) is 0 Å². The average molecular weight is 611 g/mol. The van der Waals surface area contributed by atoms with E-state index in [0.717, 1.165) is 11.6 Å². The normalized spacial score (nSPS) is 12.2. The smallest absolute Gasteiger partial charge is 0.256 e. The summed E-state index contributed by atoms with van der Waals surface area (Å²) in [6, 6.07) is 17.3. The van der Waals surface area contributed by atoms with Gasteiger partial charge in [0.1, 0.15) is 6.04 Å². The highest BCUT2D eigenvalue weighted by Crippen LogP contribution is 2.34. The van der Waals surface area contributed by atoms with Gasteiger partial charge in [-0.2, -0.15) is 0 Å². The lowest BCUT2D eigenvalue weighted by Gasteiger charge is -2.19. The molecule has 0 aliphatic rings. The third-order valence-corrected chi connectivity index (χ3v) is 7.34. The minimum absolute atomic E-state index is 0.0246. The van der Waals surface area contributed by atoms with Crippen LogP contribution >= 0.6 is 46.4 Å². The van der Waals surface area contributed by atoms with Crippen LogP contribution in [0, 0.1) is 0 Å². The number of hydrogen-bond acceptors (Lipinski definition) is 5. The highest BCUT2D eigenvalue weighted by Gasteiger charge is 2.26. The Morgan fingerprint density at radius 1 is 0.868 bits per heavy atom. The summed E-state index contributed by atoms with van der Waals surface area (Å²) < 4.78 is 25.4. The Morgan fingerprint density at radius 2 is 1.47 bits per heavy atom. The molecular weight excluding hydrogens is 592 g/mol. The first-order chi connectivity index (χ1) is 17.9. The molecule has 4 rings (SSSR count). The van der Waals surface area contributed by atoms with E-state index >= 15 is 0 Å². The zero-order valence-electron chi connectivity index (χ0n) is 19.6. The number of rotatable bonds is 7. The lowest BCUT2D eigenvalue weighted by atomic mass is 10.0. The van der Waals surface area contributed by atoms with Gasteiger partial charge in [0, 0.05) is 17.4 Å². The molecule has 0 aliphatic heterocycles. The van der Waals surface area contributed by atoms with Gasteiger partial charge in [0.2, 0.25) is 10.0 Å². The molecule has 1 heterocycles. The van der Waals surface area contributed by atoms with E-state index in [2.05, 4.69) is 10.3 Å². The van der Waals surface area contributed by atoms with E-state index in [0.29, 0.717) is 32.4 Å². The molecule has 1 unspecified atom stereocenters. The molecule has 196 valence electrons. The first-order valence-corrected chi connectivity index (χ1v) is 14.4. The molecule has 2 amide bonds. The molecule has 0 saturated carbocycles. The fourth-order valence-corrected chi connectivity index (χ4v) is 5.50. The maximum Gasteiger partial charge on any atom is 0.256 e. The molecular formula is C26H19Cl4N3O4S. The van der Waals surface area contributed by atoms with Gasteiger partial charge in [0.25, 0.3) is 11.8 Å². The van der Waals surface area contributed by atoms with Crippen molar-refractivity contribution in [2.24, 2.45) is 0 Å². The minimum atomic E-state index is -3.88. The van der Waals surface area contributed by atoms with Crippen molar-refractivity contribution in [2.45, 2.75) is 12.5 Å². The van der Waals surface area contributed by atoms with Crippen LogP contribution < -0.4 is 10.0 Å². The number of nitrogens with one attached hydrogen (secondary N) is 2. The van der Waals surface area contributed by atoms with Crippen molar-refractivity contribution in [3.63, 3.8) is 0 Å². The Kier molecular flexibility index (Phi) is 8.49. The second-order valence-electron chi connectivity index (χ2n) is 8.39. The molecule has 0 spiro atoms. The monoisotopic (exact) mass is 609 g/mol. The van der Waals surface area contributed by atoms with Crippen LogP contribution in [0.15, 0.2) is 66.7 Å². The maximum absolute atomic E-state index is 13.0. The van der Waals surface area contributed by atoms with Gasteiger partial charge in [-0.05, 0) is 48.0 Å². The standard InChI is InChI=1S/C26H19Cl4N3O4S/c1-38(36,37)33-25(34)22(32-26(35)24-18(29)6-3-7-19(24)30)13-14-8-10-20-15(12-14)9-11-21(31-20)23-16(27)4-2-5-17(23)28/h2-12,22H,13H2,1H3,(H,32,35)(H,33,34). The zero-order valence-corrected chi connectivity index (χ0v) is 23.5. The first kappa shape index (κ1) is 28.1. The predicted molar refractivity (Wildman–Crippen MR) is 152 cm³/mol. The van der Waals surface area contributed by atoms with Gasteiger partial charge in [-0.3, -0.25) is 14.3 Å². The highest BCUT2D eigenvalue weighted by molar-refractivity contribution is 7.89. The Labute approximate surface area is 239 Å². The Hall–Kier alpha value is -2.88. The van der Waals surface area contributed by atoms with Crippen molar-refractivity contribution in [2.75, 3.05) is 6.26 Å². The van der Waals surface area contributed by atoms with E-state index in [4.69, 9.17) is 46.4 Å². The van der Waals surface area contributed by atoms with Gasteiger partial charge in [0.05, 0.1) is 43.1 Å². The molecule has 38 heavy (non-hydrogen) atoms. The van der Waals surface area contributed by atoms with Crippen LogP contribution in [-0.2, 0) is 21.2 Å². The second-order valence-corrected chi connectivity index (χ2v) is 11.8. The van der Waals surface area contributed by atoms with Gasteiger partial charge in [-0.25, -0.2) is 13.4 Å². The third kappa shape index (κ3) is 6.57. The Balaban J connectivity index is 1.65. The molecule has 4 aromatic rings. The summed E-state index contributed by atoms with van der Waals surface area (Å²) in [5.41, 5.74) is 2.46. The van der Waals surface area contributed by atoms with Gasteiger partial charge in [-0.15, -0.1) is 0 Å². The molecule has 2 N–H and O–H groups in total. The van der Waals surface area contributed by atoms with Crippen LogP contribution in [-0.4, -0.2) is 37.5 Å². The number of pyridine rings is 1. The molecule has 0 bridgehead atoms. The summed E-state index contributed by atoms with van der Waals surface area (Å²) in [6.45, 7) is 0. The number of hydrogen-bond donors (Lipinski definition) is 2. The topological polar surface area (TPSA) is 105 Å². The lowest BCUT2D eigenvalue weighted by molar-refractivity contribution is -0.121. The summed E-state index contributed by atoms with van der Waals surface area (Å²) in [7, 11) is -3.88. The zero-order chi connectivity index (χ0) is 27.6. The summed E-state index contributed by atoms with van der Waals surface area (Å²) >= 11 is 24.9. The predicted octanol–water partition coefficient (Wildman–Crippen LogP) is 5.93. The van der Waals surface area contributed by atoms with Crippen molar-refractivity contribution in [3.05, 3.63) is 97.9 Å². The van der Waals surface area contributed by atoms with Gasteiger partial charge >= 0.3 is 0 Å². The SMILES string of the molecule is CS(=O)(=O)NC(=O)C(Cc1ccc2nc(-c3c(Cl)cccc3Cl)ccc2c1)NC(=O)c1c(Cl)cccc1Cl. The molecule has 0 fully saturated rings. The van der Waals surface area contributed by atoms with E-state index in [1.807, 2.05) is 10.8 Å². The van der Waals surface area contributed by atoms with E-state index in [9.17, 15) is 18.0 Å². The van der Waals surface area contributed by atoms with Crippen molar-refractivity contribution < 1.29 is 18.0 Å². The molecule has 0 saturated heterocycles. The number of carbonyl (C=O) groups is 2. The average Bonchev–Trinajstić information content (AvgIpc) is 2.82. The van der Waals surface area contributed by atoms with E-state index < -0.39 is 27.9 Å². The fourth-order valence-electron chi connectivity index (χ4n) is 3.83. The van der Waals surface area contributed by atoms with Crippen LogP contribution in [0.5, 0.6) is 0 Å². The van der Waals surface area contributed by atoms with E-state index in [-0.39, 0.29) is 22.0 Å². The van der Waals surface area contributed by atoms with Crippen LogP contribution in [0.2, 0.25) is 20.1 Å². The molecule has 1 aromatic heterocycles. The van der Waals surface area contributed by atoms with Crippen molar-refractivity contribution in [1.82, 2.24) is 15.0 Å². The van der Waals surface area contributed by atoms with Crippen molar-refractivity contribution >= 4 is 79.1 Å². The molecule has 7 nitrogen and oxygen atoms in total. The van der Waals surface area contributed by atoms with Gasteiger partial charge in [0.15, 0.2) is 0 Å². The number of benzene rings is 3. The van der Waals surface area contributed by atoms with Crippen LogP contribution in [0.3, 0.4) is 0 Å². The molecule has 12 heteroatoms. The quantitative estimate of drug-likeness (QED) is 0.270. The Morgan fingerprint density at radius 3 is 2.08 bits per heavy atom. The second kappa shape index (κ2) is 11.5. The Bertz CT molecular complexity index is 1640. The highest BCUT2D eigenvalue weighted by atomic mass is 35.5. The molecule has 3 aromatic carbocycles. The summed E-state index contributed by atoms with van der Waals surface area (Å²) in [5.74, 6) is -1.64. The molecule has 0 radical (unpaired) electrons. The van der Waals surface area contributed by atoms with Gasteiger partial charge in [-0.1, -0.05) is 70.7 Å². The number of nitrogens with zero attached hydrogens (tertiary/aromatic N) is 1. The third-order valence-electron chi connectivity index (χ3n) is 5.51. The lowest BCUT2D eigenvalue weighted by Crippen LogP contribution is -2.49. The number of sulfonamides is 1. The number of halogens is 4. The minimum Gasteiger partial charge on any atom is -0.340 e. The van der Waals surface area contributed by atoms with E-state index in [1.165, 1.54) is 12.1 Å². The van der Waals surface area contributed by atoms with Crippen molar-refractivity contribution in [1.29, 1.82) is 0 Å². The van der Waals surface area contributed by atoms with Crippen LogP contribution in [0.25, 0.3) is 22.2 Å². The maximum atomic E-state index is 13.0. The summed E-state index contributed by atoms with van der Waals surface area (Å²) in [5, 5.41) is 4.40. The number of amides is 2. The summed E-state index contributed by atoms with van der Waals surface area (Å²) in [4.78, 5) is 30.4.